The monoisotopic (exact) mass is 322 g/mol. The summed E-state index contributed by atoms with van der Waals surface area (Å²) >= 11 is 2.79. The van der Waals surface area contributed by atoms with Crippen LogP contribution in [0, 0.1) is 0 Å². The molecule has 0 saturated carbocycles. The molecular formula is C14H14N2O3S2. The van der Waals surface area contributed by atoms with E-state index >= 15 is 0 Å². The number of ketones is 1. The maximum Gasteiger partial charge on any atom is 0.358 e. The van der Waals surface area contributed by atoms with Crippen molar-refractivity contribution >= 4 is 45.7 Å². The largest absolute Gasteiger partial charge is 0.464 e. The molecule has 110 valence electrons. The molecular weight excluding hydrogens is 308 g/mol. The Bertz CT molecular complexity index is 665. The third kappa shape index (κ3) is 3.62. The minimum absolute atomic E-state index is 0.0539. The minimum Gasteiger partial charge on any atom is -0.464 e. The molecule has 21 heavy (non-hydrogen) atoms. The average molecular weight is 322 g/mol. The van der Waals surface area contributed by atoms with E-state index in [1.807, 2.05) is 30.5 Å². The molecule has 1 aromatic heterocycles. The zero-order chi connectivity index (χ0) is 15.4. The number of hydrogen-bond acceptors (Lipinski definition) is 7. The summed E-state index contributed by atoms with van der Waals surface area (Å²) in [5, 5.41) is 3.57. The first-order chi connectivity index (χ1) is 10.0. The Balaban J connectivity index is 2.27. The summed E-state index contributed by atoms with van der Waals surface area (Å²) < 4.78 is 4.64. The molecule has 0 radical (unpaired) electrons. The topological polar surface area (TPSA) is 68.3 Å². The van der Waals surface area contributed by atoms with Gasteiger partial charge in [-0.15, -0.1) is 11.8 Å². The van der Waals surface area contributed by atoms with Gasteiger partial charge in [0.2, 0.25) is 0 Å². The minimum atomic E-state index is -0.609. The molecule has 0 atom stereocenters. The Hall–Kier alpha value is -1.86. The van der Waals surface area contributed by atoms with E-state index in [0.29, 0.717) is 10.0 Å². The molecule has 0 bridgehead atoms. The van der Waals surface area contributed by atoms with Crippen LogP contribution in [0.25, 0.3) is 0 Å². The van der Waals surface area contributed by atoms with Gasteiger partial charge in [0, 0.05) is 17.5 Å². The standard InChI is InChI=1S/C14H14N2O3S2/c1-8(17)12-11(13(18)19-2)16-14(21-12)15-9-4-6-10(20-3)7-5-9/h4-7H,1-3H3,(H,15,16). The van der Waals surface area contributed by atoms with Gasteiger partial charge >= 0.3 is 5.97 Å². The van der Waals surface area contributed by atoms with Gasteiger partial charge in [-0.3, -0.25) is 4.79 Å². The van der Waals surface area contributed by atoms with Gasteiger partial charge in [0.05, 0.1) is 7.11 Å². The quantitative estimate of drug-likeness (QED) is 0.515. The van der Waals surface area contributed by atoms with Gasteiger partial charge in [0.25, 0.3) is 0 Å². The Labute approximate surface area is 130 Å². The SMILES string of the molecule is COC(=O)c1nc(Nc2ccc(SC)cc2)sc1C(C)=O. The highest BCUT2D eigenvalue weighted by Crippen LogP contribution is 2.28. The number of thiazole rings is 1. The summed E-state index contributed by atoms with van der Waals surface area (Å²) in [4.78, 5) is 28.8. The smallest absolute Gasteiger partial charge is 0.358 e. The number of anilines is 2. The van der Waals surface area contributed by atoms with Gasteiger partial charge in [-0.1, -0.05) is 11.3 Å². The Morgan fingerprint density at radius 1 is 1.29 bits per heavy atom. The molecule has 1 aromatic carbocycles. The highest BCUT2D eigenvalue weighted by molar-refractivity contribution is 7.98. The zero-order valence-corrected chi connectivity index (χ0v) is 13.4. The molecule has 2 aromatic rings. The number of esters is 1. The number of aromatic nitrogens is 1. The summed E-state index contributed by atoms with van der Waals surface area (Å²) in [7, 11) is 1.26. The fourth-order valence-corrected chi connectivity index (χ4v) is 2.92. The second-order valence-electron chi connectivity index (χ2n) is 4.10. The van der Waals surface area contributed by atoms with E-state index in [-0.39, 0.29) is 11.5 Å². The molecule has 0 amide bonds. The van der Waals surface area contributed by atoms with E-state index in [1.54, 1.807) is 11.8 Å². The summed E-state index contributed by atoms with van der Waals surface area (Å²) in [5.74, 6) is -0.819. The van der Waals surface area contributed by atoms with Crippen molar-refractivity contribution < 1.29 is 14.3 Å². The summed E-state index contributed by atoms with van der Waals surface area (Å²) in [5.41, 5.74) is 0.895. The lowest BCUT2D eigenvalue weighted by atomic mass is 10.3. The van der Waals surface area contributed by atoms with Crippen LogP contribution in [-0.2, 0) is 4.74 Å². The van der Waals surface area contributed by atoms with Crippen molar-refractivity contribution in [3.63, 3.8) is 0 Å². The predicted molar refractivity (Wildman–Crippen MR) is 85.0 cm³/mol. The summed E-state index contributed by atoms with van der Waals surface area (Å²) in [6, 6.07) is 7.79. The van der Waals surface area contributed by atoms with Gasteiger partial charge in [0.1, 0.15) is 4.88 Å². The number of nitrogens with zero attached hydrogens (tertiary/aromatic N) is 1. The lowest BCUT2D eigenvalue weighted by molar-refractivity contribution is 0.0591. The lowest BCUT2D eigenvalue weighted by Gasteiger charge is -2.03. The van der Waals surface area contributed by atoms with E-state index in [0.717, 1.165) is 21.9 Å². The Morgan fingerprint density at radius 2 is 1.95 bits per heavy atom. The number of ether oxygens (including phenoxy) is 1. The molecule has 0 saturated heterocycles. The van der Waals surface area contributed by atoms with Crippen molar-refractivity contribution in [2.45, 2.75) is 11.8 Å². The lowest BCUT2D eigenvalue weighted by Crippen LogP contribution is -2.07. The highest BCUT2D eigenvalue weighted by Gasteiger charge is 2.21. The van der Waals surface area contributed by atoms with Crippen LogP contribution in [0.2, 0.25) is 0 Å². The van der Waals surface area contributed by atoms with Crippen LogP contribution in [0.3, 0.4) is 0 Å². The fourth-order valence-electron chi connectivity index (χ4n) is 1.65. The van der Waals surface area contributed by atoms with Crippen LogP contribution in [-0.4, -0.2) is 30.1 Å². The first kappa shape index (κ1) is 15.5. The maximum atomic E-state index is 11.6. The number of rotatable bonds is 5. The molecule has 0 aliphatic rings. The third-order valence-electron chi connectivity index (χ3n) is 2.67. The number of Topliss-reactive ketones (excluding diaryl/α,β-unsaturated/α-hetero) is 1. The van der Waals surface area contributed by atoms with Gasteiger partial charge in [-0.2, -0.15) is 0 Å². The number of hydrogen-bond donors (Lipinski definition) is 1. The van der Waals surface area contributed by atoms with Crippen molar-refractivity contribution in [3.05, 3.63) is 34.8 Å². The van der Waals surface area contributed by atoms with Gasteiger partial charge in [-0.05, 0) is 30.5 Å². The average Bonchev–Trinajstić information content (AvgIpc) is 2.91. The molecule has 1 N–H and O–H groups in total. The molecule has 0 aliphatic heterocycles. The number of carbonyl (C=O) groups excluding carboxylic acids is 2. The van der Waals surface area contributed by atoms with Gasteiger partial charge in [0.15, 0.2) is 16.6 Å². The van der Waals surface area contributed by atoms with Crippen molar-refractivity contribution in [3.8, 4) is 0 Å². The van der Waals surface area contributed by atoms with Crippen molar-refractivity contribution in [2.75, 3.05) is 18.7 Å². The van der Waals surface area contributed by atoms with Gasteiger partial charge < -0.3 is 10.1 Å². The van der Waals surface area contributed by atoms with Crippen molar-refractivity contribution in [1.82, 2.24) is 4.98 Å². The first-order valence-electron chi connectivity index (χ1n) is 6.06. The van der Waals surface area contributed by atoms with Crippen molar-refractivity contribution in [1.29, 1.82) is 0 Å². The number of thioether (sulfide) groups is 1. The van der Waals surface area contributed by atoms with Crippen LogP contribution in [0.5, 0.6) is 0 Å². The molecule has 5 nitrogen and oxygen atoms in total. The van der Waals surface area contributed by atoms with Gasteiger partial charge in [-0.25, -0.2) is 9.78 Å². The first-order valence-corrected chi connectivity index (χ1v) is 8.10. The third-order valence-corrected chi connectivity index (χ3v) is 4.48. The normalized spacial score (nSPS) is 10.2. The predicted octanol–water partition coefficient (Wildman–Crippen LogP) is 3.60. The van der Waals surface area contributed by atoms with Crippen LogP contribution in [0.1, 0.15) is 27.1 Å². The van der Waals surface area contributed by atoms with E-state index in [9.17, 15) is 9.59 Å². The molecule has 1 heterocycles. The van der Waals surface area contributed by atoms with Crippen LogP contribution >= 0.6 is 23.1 Å². The van der Waals surface area contributed by atoms with E-state index in [2.05, 4.69) is 15.0 Å². The number of nitrogens with one attached hydrogen (secondary N) is 1. The number of carbonyl (C=O) groups is 2. The molecule has 7 heteroatoms. The second-order valence-corrected chi connectivity index (χ2v) is 5.98. The molecule has 2 rings (SSSR count). The zero-order valence-electron chi connectivity index (χ0n) is 11.8. The Kier molecular flexibility index (Phi) is 4.98. The molecule has 0 unspecified atom stereocenters. The Morgan fingerprint density at radius 3 is 2.48 bits per heavy atom. The molecule has 0 fully saturated rings. The molecule has 0 aliphatic carbocycles. The maximum absolute atomic E-state index is 11.6. The fraction of sp³-hybridized carbons (Fsp3) is 0.214. The highest BCUT2D eigenvalue weighted by atomic mass is 32.2. The van der Waals surface area contributed by atoms with E-state index < -0.39 is 5.97 Å². The van der Waals surface area contributed by atoms with E-state index in [1.165, 1.54) is 14.0 Å². The number of benzene rings is 1. The van der Waals surface area contributed by atoms with Crippen molar-refractivity contribution in [2.24, 2.45) is 0 Å². The second kappa shape index (κ2) is 6.73. The van der Waals surface area contributed by atoms with Crippen LogP contribution in [0.15, 0.2) is 29.2 Å². The summed E-state index contributed by atoms with van der Waals surface area (Å²) in [6.07, 6.45) is 2.00. The van der Waals surface area contributed by atoms with E-state index in [4.69, 9.17) is 0 Å². The van der Waals surface area contributed by atoms with Crippen LogP contribution in [0.4, 0.5) is 10.8 Å². The summed E-state index contributed by atoms with van der Waals surface area (Å²) in [6.45, 7) is 1.40. The number of methoxy groups -OCH3 is 1. The van der Waals surface area contributed by atoms with Crippen LogP contribution < -0.4 is 5.32 Å². The molecule has 0 spiro atoms.